The predicted molar refractivity (Wildman–Crippen MR) is 63.0 cm³/mol. The summed E-state index contributed by atoms with van der Waals surface area (Å²) in [5, 5.41) is 0. The molecule has 1 aromatic rings. The summed E-state index contributed by atoms with van der Waals surface area (Å²) in [4.78, 5) is 12.0. The number of thiophene rings is 1. The van der Waals surface area contributed by atoms with Gasteiger partial charge in [-0.3, -0.25) is 4.79 Å². The Morgan fingerprint density at radius 3 is 2.79 bits per heavy atom. The number of carbonyl (C=O) groups excluding carboxylic acids is 1. The molecule has 3 nitrogen and oxygen atoms in total. The number of hydrogen-bond donors (Lipinski definition) is 1. The number of nitrogens with two attached hydrogens (primary N) is 1. The molecule has 0 bridgehead atoms. The van der Waals surface area contributed by atoms with Crippen LogP contribution in [0.5, 0.6) is 0 Å². The third-order valence-corrected chi connectivity index (χ3v) is 3.20. The molecule has 1 aromatic heterocycles. The second-order valence-electron chi connectivity index (χ2n) is 2.54. The van der Waals surface area contributed by atoms with Gasteiger partial charge in [0, 0.05) is 11.3 Å². The summed E-state index contributed by atoms with van der Waals surface area (Å²) >= 11 is 4.91. The van der Waals surface area contributed by atoms with Gasteiger partial charge in [-0.1, -0.05) is 0 Å². The Kier molecular flexibility index (Phi) is 6.35. The lowest BCUT2D eigenvalue weighted by atomic mass is 10.2. The summed E-state index contributed by atoms with van der Waals surface area (Å²) in [6.07, 6.45) is 0.531. The highest BCUT2D eigenvalue weighted by atomic mass is 79.9. The minimum absolute atomic E-state index is 0. The normalized spacial score (nSPS) is 11.6. The molecule has 0 radical (unpaired) electrons. The van der Waals surface area contributed by atoms with E-state index in [1.807, 2.05) is 12.1 Å². The Hall–Kier alpha value is -0.100. The minimum atomic E-state index is -0.560. The zero-order valence-electron chi connectivity index (χ0n) is 7.53. The standard InChI is InChI=1S/C8H10BrNO2S.ClH/c1-12-8(11)6(10)4-5-2-3-7(9)13-5;/h2-3,6H,4,10H2,1H3;1H/t6-;/m0./s1. The number of halogens is 2. The van der Waals surface area contributed by atoms with E-state index in [0.717, 1.165) is 8.66 Å². The van der Waals surface area contributed by atoms with E-state index >= 15 is 0 Å². The van der Waals surface area contributed by atoms with E-state index in [2.05, 4.69) is 20.7 Å². The predicted octanol–water partition coefficient (Wildman–Crippen LogP) is 1.98. The summed E-state index contributed by atoms with van der Waals surface area (Å²) in [5.41, 5.74) is 5.59. The van der Waals surface area contributed by atoms with Gasteiger partial charge in [-0.25, -0.2) is 0 Å². The van der Waals surface area contributed by atoms with Gasteiger partial charge < -0.3 is 10.5 Å². The van der Waals surface area contributed by atoms with Crippen molar-refractivity contribution in [3.05, 3.63) is 20.8 Å². The zero-order valence-corrected chi connectivity index (χ0v) is 10.7. The van der Waals surface area contributed by atoms with Crippen LogP contribution in [-0.2, 0) is 16.0 Å². The number of methoxy groups -OCH3 is 1. The second-order valence-corrected chi connectivity index (χ2v) is 5.09. The Labute approximate surface area is 101 Å². The number of carbonyl (C=O) groups is 1. The number of rotatable bonds is 3. The van der Waals surface area contributed by atoms with Crippen molar-refractivity contribution >= 4 is 45.6 Å². The topological polar surface area (TPSA) is 52.3 Å². The monoisotopic (exact) mass is 299 g/mol. The van der Waals surface area contributed by atoms with Crippen LogP contribution in [0, 0.1) is 0 Å². The van der Waals surface area contributed by atoms with Crippen molar-refractivity contribution in [1.82, 2.24) is 0 Å². The maximum Gasteiger partial charge on any atom is 0.323 e. The van der Waals surface area contributed by atoms with Crippen LogP contribution in [0.4, 0.5) is 0 Å². The Morgan fingerprint density at radius 1 is 1.71 bits per heavy atom. The molecule has 0 saturated heterocycles. The molecule has 0 aliphatic heterocycles. The lowest BCUT2D eigenvalue weighted by Gasteiger charge is -2.06. The fraction of sp³-hybridized carbons (Fsp3) is 0.375. The second kappa shape index (κ2) is 6.40. The first-order valence-corrected chi connectivity index (χ1v) is 5.32. The molecular weight excluding hydrogens is 290 g/mol. The molecule has 0 fully saturated rings. The van der Waals surface area contributed by atoms with Crippen molar-refractivity contribution in [2.24, 2.45) is 5.73 Å². The van der Waals surface area contributed by atoms with E-state index in [0.29, 0.717) is 6.42 Å². The molecule has 1 heterocycles. The third kappa shape index (κ3) is 3.96. The highest BCUT2D eigenvalue weighted by Gasteiger charge is 2.14. The third-order valence-electron chi connectivity index (χ3n) is 1.55. The number of ether oxygens (including phenoxy) is 1. The minimum Gasteiger partial charge on any atom is -0.468 e. The molecule has 6 heteroatoms. The van der Waals surface area contributed by atoms with Gasteiger partial charge in [0.25, 0.3) is 0 Å². The molecule has 0 saturated carbocycles. The fourth-order valence-electron chi connectivity index (χ4n) is 0.913. The SMILES string of the molecule is COC(=O)[C@@H](N)Cc1ccc(Br)s1.Cl. The van der Waals surface area contributed by atoms with Gasteiger partial charge in [0.15, 0.2) is 0 Å². The zero-order chi connectivity index (χ0) is 9.84. The van der Waals surface area contributed by atoms with E-state index in [-0.39, 0.29) is 18.4 Å². The van der Waals surface area contributed by atoms with Crippen LogP contribution in [0.25, 0.3) is 0 Å². The summed E-state index contributed by atoms with van der Waals surface area (Å²) < 4.78 is 5.56. The molecule has 0 unspecified atom stereocenters. The average molecular weight is 301 g/mol. The smallest absolute Gasteiger partial charge is 0.323 e. The summed E-state index contributed by atoms with van der Waals surface area (Å²) in [5.74, 6) is -0.371. The van der Waals surface area contributed by atoms with E-state index < -0.39 is 6.04 Å². The van der Waals surface area contributed by atoms with E-state index in [1.54, 1.807) is 11.3 Å². The Balaban J connectivity index is 0.00000169. The molecule has 0 aliphatic rings. The molecule has 0 aliphatic carbocycles. The maximum absolute atomic E-state index is 11.0. The fourth-order valence-corrected chi connectivity index (χ4v) is 2.45. The first kappa shape index (κ1) is 13.9. The van der Waals surface area contributed by atoms with Crippen molar-refractivity contribution < 1.29 is 9.53 Å². The van der Waals surface area contributed by atoms with Gasteiger partial charge in [-0.15, -0.1) is 23.7 Å². The Morgan fingerprint density at radius 2 is 2.36 bits per heavy atom. The van der Waals surface area contributed by atoms with E-state index in [4.69, 9.17) is 5.73 Å². The molecule has 0 spiro atoms. The van der Waals surface area contributed by atoms with Gasteiger partial charge in [0.1, 0.15) is 6.04 Å². The summed E-state index contributed by atoms with van der Waals surface area (Å²) in [6, 6.07) is 3.32. The lowest BCUT2D eigenvalue weighted by molar-refractivity contribution is -0.142. The van der Waals surface area contributed by atoms with Crippen LogP contribution in [0.15, 0.2) is 15.9 Å². The first-order valence-electron chi connectivity index (χ1n) is 3.71. The van der Waals surface area contributed by atoms with Crippen molar-refractivity contribution in [2.45, 2.75) is 12.5 Å². The molecule has 80 valence electrons. The molecular formula is C8H11BrClNO2S. The molecule has 0 amide bonds. The van der Waals surface area contributed by atoms with Crippen molar-refractivity contribution in [3.8, 4) is 0 Å². The van der Waals surface area contributed by atoms with E-state index in [1.165, 1.54) is 7.11 Å². The highest BCUT2D eigenvalue weighted by Crippen LogP contribution is 2.22. The maximum atomic E-state index is 11.0. The summed E-state index contributed by atoms with van der Waals surface area (Å²) in [6.45, 7) is 0. The van der Waals surface area contributed by atoms with Crippen LogP contribution < -0.4 is 5.73 Å². The molecule has 14 heavy (non-hydrogen) atoms. The van der Waals surface area contributed by atoms with Gasteiger partial charge in [0.2, 0.25) is 0 Å². The largest absolute Gasteiger partial charge is 0.468 e. The van der Waals surface area contributed by atoms with Crippen molar-refractivity contribution in [3.63, 3.8) is 0 Å². The quantitative estimate of drug-likeness (QED) is 0.869. The lowest BCUT2D eigenvalue weighted by Crippen LogP contribution is -2.33. The number of hydrogen-bond acceptors (Lipinski definition) is 4. The molecule has 1 atom stereocenters. The van der Waals surface area contributed by atoms with Gasteiger partial charge >= 0.3 is 5.97 Å². The van der Waals surface area contributed by atoms with Crippen LogP contribution in [-0.4, -0.2) is 19.1 Å². The average Bonchev–Trinajstić information content (AvgIpc) is 2.49. The van der Waals surface area contributed by atoms with Crippen molar-refractivity contribution in [1.29, 1.82) is 0 Å². The molecule has 0 aromatic carbocycles. The van der Waals surface area contributed by atoms with Crippen LogP contribution in [0.1, 0.15) is 4.88 Å². The van der Waals surface area contributed by atoms with Crippen molar-refractivity contribution in [2.75, 3.05) is 7.11 Å². The van der Waals surface area contributed by atoms with Gasteiger partial charge in [0.05, 0.1) is 10.9 Å². The van der Waals surface area contributed by atoms with Gasteiger partial charge in [-0.2, -0.15) is 0 Å². The van der Waals surface area contributed by atoms with E-state index in [9.17, 15) is 4.79 Å². The molecule has 1 rings (SSSR count). The van der Waals surface area contributed by atoms with Crippen LogP contribution >= 0.6 is 39.7 Å². The van der Waals surface area contributed by atoms with Crippen LogP contribution in [0.2, 0.25) is 0 Å². The van der Waals surface area contributed by atoms with Gasteiger partial charge in [-0.05, 0) is 28.1 Å². The highest BCUT2D eigenvalue weighted by molar-refractivity contribution is 9.11. The Bertz CT molecular complexity index is 305. The first-order chi connectivity index (χ1) is 6.13. The summed E-state index contributed by atoms with van der Waals surface area (Å²) in [7, 11) is 1.34. The number of esters is 1. The van der Waals surface area contributed by atoms with Crippen LogP contribution in [0.3, 0.4) is 0 Å². The molecule has 2 N–H and O–H groups in total.